The number of fused-ring (bicyclic) bond motifs is 1. The maximum Gasteiger partial charge on any atom is 0.184 e. The fourth-order valence-corrected chi connectivity index (χ4v) is 1.65. The van der Waals surface area contributed by atoms with Gasteiger partial charge >= 0.3 is 0 Å². The average molecular weight is 215 g/mol. The molecule has 0 spiro atoms. The molecule has 0 saturated heterocycles. The molecule has 0 radical (unpaired) electrons. The van der Waals surface area contributed by atoms with Crippen molar-refractivity contribution < 1.29 is 0 Å². The molecule has 16 heavy (non-hydrogen) atoms. The van der Waals surface area contributed by atoms with Crippen LogP contribution in [0, 0.1) is 0 Å². The summed E-state index contributed by atoms with van der Waals surface area (Å²) in [4.78, 5) is 4.29. The summed E-state index contributed by atoms with van der Waals surface area (Å²) in [5.41, 5.74) is 2.67. The van der Waals surface area contributed by atoms with Gasteiger partial charge in [-0.3, -0.25) is 0 Å². The highest BCUT2D eigenvalue weighted by Gasteiger charge is 2.12. The van der Waals surface area contributed by atoms with Crippen LogP contribution in [-0.4, -0.2) is 35.2 Å². The van der Waals surface area contributed by atoms with Gasteiger partial charge in [0.25, 0.3) is 0 Å². The number of nitrogens with zero attached hydrogens (tertiary/aromatic N) is 6. The van der Waals surface area contributed by atoms with Crippen LogP contribution in [0.2, 0.25) is 0 Å². The third-order valence-electron chi connectivity index (χ3n) is 2.44. The first-order valence-corrected chi connectivity index (χ1v) is 4.96. The first-order chi connectivity index (χ1) is 7.90. The highest BCUT2D eigenvalue weighted by atomic mass is 15.5. The minimum absolute atomic E-state index is 0.579. The number of tetrazole rings is 1. The third kappa shape index (κ3) is 1.18. The molecule has 0 aliphatic carbocycles. The smallest absolute Gasteiger partial charge is 0.184 e. The minimum Gasteiger partial charge on any atom is -0.239 e. The third-order valence-corrected chi connectivity index (χ3v) is 2.44. The highest BCUT2D eigenvalue weighted by molar-refractivity contribution is 5.71. The van der Waals surface area contributed by atoms with E-state index in [1.807, 2.05) is 6.07 Å². The van der Waals surface area contributed by atoms with E-state index in [9.17, 15) is 0 Å². The molecule has 3 aromatic heterocycles. The van der Waals surface area contributed by atoms with Crippen molar-refractivity contribution >= 4 is 5.65 Å². The molecule has 3 aromatic rings. The monoisotopic (exact) mass is 215 g/mol. The molecule has 1 N–H and O–H groups in total. The number of aromatic amines is 1. The molecule has 0 fully saturated rings. The molecule has 3 heterocycles. The largest absolute Gasteiger partial charge is 0.239 e. The van der Waals surface area contributed by atoms with Gasteiger partial charge in [0.15, 0.2) is 11.5 Å². The lowest BCUT2D eigenvalue weighted by atomic mass is 10.3. The summed E-state index contributed by atoms with van der Waals surface area (Å²) in [5, 5.41) is 17.9. The Morgan fingerprint density at radius 1 is 1.44 bits per heavy atom. The van der Waals surface area contributed by atoms with Gasteiger partial charge in [-0.15, -0.1) is 5.10 Å². The number of aromatic nitrogens is 7. The second kappa shape index (κ2) is 3.37. The summed E-state index contributed by atoms with van der Waals surface area (Å²) < 4.78 is 1.80. The van der Waals surface area contributed by atoms with Crippen LogP contribution in [0.3, 0.4) is 0 Å². The fourth-order valence-electron chi connectivity index (χ4n) is 1.65. The molecular weight excluding hydrogens is 206 g/mol. The molecule has 0 aliphatic heterocycles. The molecule has 3 rings (SSSR count). The molecular formula is C9H9N7. The zero-order valence-corrected chi connectivity index (χ0v) is 8.62. The predicted molar refractivity (Wildman–Crippen MR) is 55.5 cm³/mol. The second-order valence-electron chi connectivity index (χ2n) is 3.33. The predicted octanol–water partition coefficient (Wildman–Crippen LogP) is 0.472. The Morgan fingerprint density at radius 3 is 3.12 bits per heavy atom. The van der Waals surface area contributed by atoms with Crippen molar-refractivity contribution in [1.82, 2.24) is 35.2 Å². The van der Waals surface area contributed by atoms with E-state index in [4.69, 9.17) is 0 Å². The van der Waals surface area contributed by atoms with Crippen LogP contribution in [0.4, 0.5) is 0 Å². The Morgan fingerprint density at radius 2 is 2.38 bits per heavy atom. The molecule has 0 amide bonds. The first-order valence-electron chi connectivity index (χ1n) is 4.96. The standard InChI is InChI=1S/C9H9N7/c1-2-6-3-4-10-9-7(5-11-16(6)9)8-12-14-15-13-8/h3-5H,2H2,1H3,(H,12,13,14,15). The normalized spacial score (nSPS) is 11.1. The Kier molecular flexibility index (Phi) is 1.89. The zero-order valence-electron chi connectivity index (χ0n) is 8.62. The van der Waals surface area contributed by atoms with Gasteiger partial charge in [-0.1, -0.05) is 6.92 Å². The molecule has 0 aromatic carbocycles. The summed E-state index contributed by atoms with van der Waals surface area (Å²) in [6, 6.07) is 1.95. The Hall–Kier alpha value is -2.31. The van der Waals surface area contributed by atoms with Gasteiger partial charge in [-0.25, -0.2) is 14.6 Å². The van der Waals surface area contributed by atoms with E-state index < -0.39 is 0 Å². The zero-order chi connectivity index (χ0) is 11.0. The number of rotatable bonds is 2. The highest BCUT2D eigenvalue weighted by Crippen LogP contribution is 2.18. The second-order valence-corrected chi connectivity index (χ2v) is 3.33. The fraction of sp³-hybridized carbons (Fsp3) is 0.222. The van der Waals surface area contributed by atoms with Crippen molar-refractivity contribution in [3.05, 3.63) is 24.2 Å². The molecule has 0 aliphatic rings. The van der Waals surface area contributed by atoms with Gasteiger partial charge in [-0.2, -0.15) is 5.10 Å². The van der Waals surface area contributed by atoms with Crippen LogP contribution in [0.25, 0.3) is 17.0 Å². The summed E-state index contributed by atoms with van der Waals surface area (Å²) in [5.74, 6) is 0.579. The van der Waals surface area contributed by atoms with Gasteiger partial charge < -0.3 is 0 Å². The number of H-pyrrole nitrogens is 1. The number of hydrogen-bond acceptors (Lipinski definition) is 5. The Labute approximate surface area is 90.5 Å². The molecule has 0 unspecified atom stereocenters. The van der Waals surface area contributed by atoms with E-state index in [0.717, 1.165) is 23.3 Å². The summed E-state index contributed by atoms with van der Waals surface area (Å²) >= 11 is 0. The van der Waals surface area contributed by atoms with Crippen molar-refractivity contribution in [1.29, 1.82) is 0 Å². The maximum absolute atomic E-state index is 4.29. The lowest BCUT2D eigenvalue weighted by Crippen LogP contribution is -1.98. The molecule has 0 bridgehead atoms. The molecule has 7 heteroatoms. The maximum atomic E-state index is 4.29. The van der Waals surface area contributed by atoms with Gasteiger partial charge in [-0.05, 0) is 22.9 Å². The van der Waals surface area contributed by atoms with Crippen molar-refractivity contribution in [3.8, 4) is 11.4 Å². The van der Waals surface area contributed by atoms with Crippen molar-refractivity contribution in [3.63, 3.8) is 0 Å². The Balaban J connectivity index is 2.29. The van der Waals surface area contributed by atoms with E-state index in [0.29, 0.717) is 5.82 Å². The molecule has 80 valence electrons. The van der Waals surface area contributed by atoms with E-state index in [-0.39, 0.29) is 0 Å². The topological polar surface area (TPSA) is 84.6 Å². The van der Waals surface area contributed by atoms with E-state index in [2.05, 4.69) is 37.6 Å². The van der Waals surface area contributed by atoms with Crippen molar-refractivity contribution in [2.75, 3.05) is 0 Å². The lowest BCUT2D eigenvalue weighted by Gasteiger charge is -1.99. The Bertz CT molecular complexity index is 610. The van der Waals surface area contributed by atoms with Crippen LogP contribution >= 0.6 is 0 Å². The number of nitrogens with one attached hydrogen (secondary N) is 1. The van der Waals surface area contributed by atoms with Crippen LogP contribution < -0.4 is 0 Å². The quantitative estimate of drug-likeness (QED) is 0.671. The van der Waals surface area contributed by atoms with Gasteiger partial charge in [0, 0.05) is 11.9 Å². The van der Waals surface area contributed by atoms with Gasteiger partial charge in [0.05, 0.1) is 11.8 Å². The van der Waals surface area contributed by atoms with Crippen LogP contribution in [-0.2, 0) is 6.42 Å². The number of aryl methyl sites for hydroxylation is 1. The summed E-state index contributed by atoms with van der Waals surface area (Å²) in [6.45, 7) is 2.08. The molecule has 0 saturated carbocycles. The van der Waals surface area contributed by atoms with Crippen molar-refractivity contribution in [2.45, 2.75) is 13.3 Å². The van der Waals surface area contributed by atoms with E-state index in [1.54, 1.807) is 16.9 Å². The average Bonchev–Trinajstić information content (AvgIpc) is 2.96. The minimum atomic E-state index is 0.579. The van der Waals surface area contributed by atoms with Crippen LogP contribution in [0.5, 0.6) is 0 Å². The van der Waals surface area contributed by atoms with Gasteiger partial charge in [0.1, 0.15) is 0 Å². The first kappa shape index (κ1) is 8.96. The summed E-state index contributed by atoms with van der Waals surface area (Å²) in [6.07, 6.45) is 4.38. The van der Waals surface area contributed by atoms with Gasteiger partial charge in [0.2, 0.25) is 0 Å². The van der Waals surface area contributed by atoms with E-state index >= 15 is 0 Å². The number of hydrogen-bond donors (Lipinski definition) is 1. The van der Waals surface area contributed by atoms with Crippen molar-refractivity contribution in [2.24, 2.45) is 0 Å². The lowest BCUT2D eigenvalue weighted by molar-refractivity contribution is 0.849. The molecule has 0 atom stereocenters. The van der Waals surface area contributed by atoms with E-state index in [1.165, 1.54) is 0 Å². The van der Waals surface area contributed by atoms with Crippen LogP contribution in [0.1, 0.15) is 12.6 Å². The SMILES string of the molecule is CCc1ccnc2c(-c3nnn[nH]3)cnn12. The molecule has 7 nitrogen and oxygen atoms in total. The summed E-state index contributed by atoms with van der Waals surface area (Å²) in [7, 11) is 0. The van der Waals surface area contributed by atoms with Crippen LogP contribution in [0.15, 0.2) is 18.5 Å².